The lowest BCUT2D eigenvalue weighted by Crippen LogP contribution is -2.22. The lowest BCUT2D eigenvalue weighted by Gasteiger charge is -2.13. The predicted molar refractivity (Wildman–Crippen MR) is 132 cm³/mol. The van der Waals surface area contributed by atoms with Gasteiger partial charge in [0.05, 0.1) is 19.7 Å². The molecule has 2 aromatic heterocycles. The van der Waals surface area contributed by atoms with Crippen LogP contribution in [0.25, 0.3) is 22.3 Å². The minimum atomic E-state index is -0.978. The molecule has 5 aromatic rings. The SMILES string of the molecule is COc1cc2nccc(Oc3ccc(C(C(N)=O)c4nc(-c5ccc(F)cc5)no4)cc3)c2cc1OC. The van der Waals surface area contributed by atoms with Gasteiger partial charge in [-0.05, 0) is 54.1 Å². The van der Waals surface area contributed by atoms with Gasteiger partial charge in [-0.25, -0.2) is 4.39 Å². The zero-order valence-corrected chi connectivity index (χ0v) is 19.8. The Bertz CT molecular complexity index is 1570. The highest BCUT2D eigenvalue weighted by Crippen LogP contribution is 2.37. The van der Waals surface area contributed by atoms with Gasteiger partial charge in [0.2, 0.25) is 17.6 Å². The van der Waals surface area contributed by atoms with Gasteiger partial charge in [-0.3, -0.25) is 9.78 Å². The fourth-order valence-corrected chi connectivity index (χ4v) is 3.89. The number of aromatic nitrogens is 3. The molecule has 0 saturated heterocycles. The topological polar surface area (TPSA) is 123 Å². The maximum Gasteiger partial charge on any atom is 0.244 e. The number of amides is 1. The minimum Gasteiger partial charge on any atom is -0.493 e. The summed E-state index contributed by atoms with van der Waals surface area (Å²) in [5, 5.41) is 4.64. The van der Waals surface area contributed by atoms with Crippen molar-refractivity contribution in [1.29, 1.82) is 0 Å². The molecular formula is C27H21FN4O5. The Balaban J connectivity index is 1.41. The molecule has 1 atom stereocenters. The second-order valence-corrected chi connectivity index (χ2v) is 8.00. The van der Waals surface area contributed by atoms with Crippen molar-refractivity contribution >= 4 is 16.8 Å². The van der Waals surface area contributed by atoms with E-state index in [4.69, 9.17) is 24.5 Å². The van der Waals surface area contributed by atoms with Crippen LogP contribution in [0, 0.1) is 5.82 Å². The number of methoxy groups -OCH3 is 2. The molecule has 0 saturated carbocycles. The van der Waals surface area contributed by atoms with Crippen LogP contribution in [0.2, 0.25) is 0 Å². The first-order valence-corrected chi connectivity index (χ1v) is 11.1. The van der Waals surface area contributed by atoms with Crippen molar-refractivity contribution in [3.8, 4) is 34.4 Å². The van der Waals surface area contributed by atoms with Gasteiger partial charge in [0.25, 0.3) is 0 Å². The van der Waals surface area contributed by atoms with Crippen molar-refractivity contribution < 1.29 is 27.9 Å². The van der Waals surface area contributed by atoms with Gasteiger partial charge in [0.15, 0.2) is 11.5 Å². The normalized spacial score (nSPS) is 11.8. The second-order valence-electron chi connectivity index (χ2n) is 8.00. The van der Waals surface area contributed by atoms with Gasteiger partial charge < -0.3 is 24.5 Å². The number of nitrogens with two attached hydrogens (primary N) is 1. The fraction of sp³-hybridized carbons (Fsp3) is 0.111. The number of hydrogen-bond donors (Lipinski definition) is 1. The van der Waals surface area contributed by atoms with E-state index in [2.05, 4.69) is 15.1 Å². The van der Waals surface area contributed by atoms with Crippen molar-refractivity contribution in [2.45, 2.75) is 5.92 Å². The van der Waals surface area contributed by atoms with E-state index in [1.807, 2.05) is 0 Å². The van der Waals surface area contributed by atoms with Crippen molar-refractivity contribution in [3.05, 3.63) is 90.2 Å². The lowest BCUT2D eigenvalue weighted by molar-refractivity contribution is -0.119. The van der Waals surface area contributed by atoms with E-state index in [1.54, 1.807) is 62.9 Å². The molecule has 0 radical (unpaired) electrons. The first kappa shape index (κ1) is 23.7. The highest BCUT2D eigenvalue weighted by molar-refractivity contribution is 5.88. The highest BCUT2D eigenvalue weighted by Gasteiger charge is 2.27. The van der Waals surface area contributed by atoms with Crippen LogP contribution < -0.4 is 19.9 Å². The number of carbonyl (C=O) groups is 1. The maximum absolute atomic E-state index is 13.2. The van der Waals surface area contributed by atoms with Crippen molar-refractivity contribution in [3.63, 3.8) is 0 Å². The predicted octanol–water partition coefficient (Wildman–Crippen LogP) is 4.85. The fourth-order valence-electron chi connectivity index (χ4n) is 3.89. The largest absolute Gasteiger partial charge is 0.493 e. The molecule has 186 valence electrons. The standard InChI is InChI=1S/C27H21FN4O5/c1-34-22-13-19-20(14-23(22)35-2)30-12-11-21(19)36-18-9-5-15(6-10-18)24(25(29)33)27-31-26(32-37-27)16-3-7-17(28)8-4-16/h3-14,24H,1-2H3,(H2,29,33). The van der Waals surface area contributed by atoms with E-state index in [9.17, 15) is 9.18 Å². The lowest BCUT2D eigenvalue weighted by atomic mass is 9.98. The molecule has 37 heavy (non-hydrogen) atoms. The molecular weight excluding hydrogens is 479 g/mol. The second kappa shape index (κ2) is 9.94. The molecule has 10 heteroatoms. The number of carbonyl (C=O) groups excluding carboxylic acids is 1. The van der Waals surface area contributed by atoms with Crippen molar-refractivity contribution in [2.24, 2.45) is 5.73 Å². The molecule has 0 bridgehead atoms. The smallest absolute Gasteiger partial charge is 0.244 e. The van der Waals surface area contributed by atoms with E-state index >= 15 is 0 Å². The average molecular weight is 500 g/mol. The van der Waals surface area contributed by atoms with E-state index in [-0.39, 0.29) is 17.5 Å². The Morgan fingerprint density at radius 3 is 2.32 bits per heavy atom. The summed E-state index contributed by atoms with van der Waals surface area (Å²) in [5.41, 5.74) is 7.43. The maximum atomic E-state index is 13.2. The summed E-state index contributed by atoms with van der Waals surface area (Å²) < 4.78 is 35.4. The summed E-state index contributed by atoms with van der Waals surface area (Å²) in [6.07, 6.45) is 1.63. The number of fused-ring (bicyclic) bond motifs is 1. The number of rotatable bonds is 8. The van der Waals surface area contributed by atoms with Gasteiger partial charge in [-0.15, -0.1) is 0 Å². The van der Waals surface area contributed by atoms with Gasteiger partial charge in [-0.2, -0.15) is 4.98 Å². The Hall–Kier alpha value is -4.99. The quantitative estimate of drug-likeness (QED) is 0.321. The molecule has 2 N–H and O–H groups in total. The van der Waals surface area contributed by atoms with Crippen molar-refractivity contribution in [1.82, 2.24) is 15.1 Å². The van der Waals surface area contributed by atoms with E-state index in [0.717, 1.165) is 5.39 Å². The summed E-state index contributed by atoms with van der Waals surface area (Å²) in [6, 6.07) is 17.7. The number of benzene rings is 3. The molecule has 0 spiro atoms. The van der Waals surface area contributed by atoms with E-state index < -0.39 is 11.8 Å². The summed E-state index contributed by atoms with van der Waals surface area (Å²) in [7, 11) is 3.11. The number of hydrogen-bond acceptors (Lipinski definition) is 8. The number of pyridine rings is 1. The van der Waals surface area contributed by atoms with Crippen LogP contribution in [0.4, 0.5) is 4.39 Å². The van der Waals surface area contributed by atoms with Crippen LogP contribution in [0.15, 0.2) is 77.4 Å². The van der Waals surface area contributed by atoms with Crippen LogP contribution in [0.3, 0.4) is 0 Å². The summed E-state index contributed by atoms with van der Waals surface area (Å²) >= 11 is 0. The molecule has 1 unspecified atom stereocenters. The third-order valence-electron chi connectivity index (χ3n) is 5.72. The van der Waals surface area contributed by atoms with E-state index in [0.29, 0.717) is 39.6 Å². The Morgan fingerprint density at radius 2 is 1.65 bits per heavy atom. The van der Waals surface area contributed by atoms with Crippen LogP contribution in [-0.2, 0) is 4.79 Å². The summed E-state index contributed by atoms with van der Waals surface area (Å²) in [6.45, 7) is 0. The molecule has 1 amide bonds. The van der Waals surface area contributed by atoms with Gasteiger partial charge in [0.1, 0.15) is 23.2 Å². The Labute approximate surface area is 210 Å². The first-order chi connectivity index (χ1) is 18.0. The summed E-state index contributed by atoms with van der Waals surface area (Å²) in [5.74, 6) is 0.413. The monoisotopic (exact) mass is 500 g/mol. The molecule has 3 aromatic carbocycles. The zero-order valence-electron chi connectivity index (χ0n) is 19.8. The Morgan fingerprint density at radius 1 is 0.946 bits per heavy atom. The van der Waals surface area contributed by atoms with E-state index in [1.165, 1.54) is 24.3 Å². The molecule has 0 aliphatic carbocycles. The minimum absolute atomic E-state index is 0.0293. The van der Waals surface area contributed by atoms with Crippen molar-refractivity contribution in [2.75, 3.05) is 14.2 Å². The van der Waals surface area contributed by atoms with Gasteiger partial charge >= 0.3 is 0 Å². The van der Waals surface area contributed by atoms with Gasteiger partial charge in [-0.1, -0.05) is 17.3 Å². The number of primary amides is 1. The molecule has 2 heterocycles. The molecule has 5 rings (SSSR count). The third kappa shape index (κ3) is 4.76. The highest BCUT2D eigenvalue weighted by atomic mass is 19.1. The molecule has 9 nitrogen and oxygen atoms in total. The average Bonchev–Trinajstić information content (AvgIpc) is 3.39. The third-order valence-corrected chi connectivity index (χ3v) is 5.72. The number of halogens is 1. The number of nitrogens with zero attached hydrogens (tertiary/aromatic N) is 3. The van der Waals surface area contributed by atoms with Crippen LogP contribution in [-0.4, -0.2) is 35.3 Å². The zero-order chi connectivity index (χ0) is 25.9. The van der Waals surface area contributed by atoms with Gasteiger partial charge in [0, 0.05) is 23.2 Å². The summed E-state index contributed by atoms with van der Waals surface area (Å²) in [4.78, 5) is 21.0. The van der Waals surface area contributed by atoms with Crippen LogP contribution >= 0.6 is 0 Å². The molecule has 0 fully saturated rings. The Kier molecular flexibility index (Phi) is 6.38. The first-order valence-electron chi connectivity index (χ1n) is 11.1. The van der Waals surface area contributed by atoms with Crippen LogP contribution in [0.1, 0.15) is 17.4 Å². The molecule has 0 aliphatic rings. The number of ether oxygens (including phenoxy) is 3. The molecule has 0 aliphatic heterocycles. The van der Waals surface area contributed by atoms with Crippen LogP contribution in [0.5, 0.6) is 23.0 Å².